The summed E-state index contributed by atoms with van der Waals surface area (Å²) in [5, 5.41) is 0. The third kappa shape index (κ3) is 8.65. The lowest BCUT2D eigenvalue weighted by atomic mass is 10.0. The van der Waals surface area contributed by atoms with Crippen molar-refractivity contribution in [3.8, 4) is 0 Å². The molecule has 0 spiro atoms. The van der Waals surface area contributed by atoms with Gasteiger partial charge in [0.15, 0.2) is 0 Å². The second kappa shape index (κ2) is 14.0. The summed E-state index contributed by atoms with van der Waals surface area (Å²) in [4.78, 5) is 26.1. The number of hydrogen-bond donors (Lipinski definition) is 4. The number of carbonyl (C=O) groups excluding carboxylic acids is 2. The van der Waals surface area contributed by atoms with Crippen LogP contribution in [0, 0.1) is 0 Å². The zero-order chi connectivity index (χ0) is 22.6. The molecule has 0 N–H and O–H groups in total. The van der Waals surface area contributed by atoms with E-state index in [2.05, 4.69) is 50.5 Å². The van der Waals surface area contributed by atoms with E-state index in [1.54, 1.807) is 0 Å². The topological polar surface area (TPSA) is 61.8 Å². The highest BCUT2D eigenvalue weighted by Gasteiger charge is 2.22. The van der Waals surface area contributed by atoms with Gasteiger partial charge in [0.2, 0.25) is 0 Å². The molecule has 0 heterocycles. The summed E-state index contributed by atoms with van der Waals surface area (Å²) >= 11 is 17.1. The maximum Gasteiger partial charge on any atom is 0.314 e. The van der Waals surface area contributed by atoms with Crippen LogP contribution in [0.1, 0.15) is 23.0 Å². The Morgan fingerprint density at radius 3 is 1.48 bits per heavy atom. The Balaban J connectivity index is 1.66. The molecule has 0 saturated heterocycles. The van der Waals surface area contributed by atoms with E-state index >= 15 is 0 Å². The average Bonchev–Trinajstić information content (AvgIpc) is 2.74. The molecule has 2 aromatic carbocycles. The smallest absolute Gasteiger partial charge is 0.314 e. The minimum Gasteiger partial charge on any atom is -0.463 e. The highest BCUT2D eigenvalue weighted by Crippen LogP contribution is 2.22. The highest BCUT2D eigenvalue weighted by molar-refractivity contribution is 7.80. The molecule has 2 atom stereocenters. The highest BCUT2D eigenvalue weighted by atomic mass is 32.1. The maximum atomic E-state index is 12.3. The summed E-state index contributed by atoms with van der Waals surface area (Å²) in [6, 6.07) is 14.7. The van der Waals surface area contributed by atoms with Crippen LogP contribution in [0.25, 0.3) is 0 Å². The molecule has 0 fully saturated rings. The minimum atomic E-state index is -0.467. The van der Waals surface area contributed by atoms with Crippen LogP contribution < -0.4 is 0 Å². The van der Waals surface area contributed by atoms with Crippen LogP contribution in [0.2, 0.25) is 0 Å². The molecule has 0 bridgehead atoms. The number of carbonyl (C=O) groups is 2. The second-order valence-corrected chi connectivity index (χ2v) is 8.37. The molecule has 2 aromatic rings. The van der Waals surface area contributed by atoms with E-state index in [4.69, 9.17) is 14.2 Å². The van der Waals surface area contributed by atoms with Crippen molar-refractivity contribution in [1.82, 2.24) is 0 Å². The molecule has 9 heteroatoms. The lowest BCUT2D eigenvalue weighted by Crippen LogP contribution is -2.21. The molecule has 0 aromatic heterocycles. The summed E-state index contributed by atoms with van der Waals surface area (Å²) in [6.45, 7) is 0.608. The van der Waals surface area contributed by atoms with Crippen molar-refractivity contribution in [2.45, 2.75) is 21.6 Å². The van der Waals surface area contributed by atoms with E-state index in [0.29, 0.717) is 11.5 Å². The molecule has 2 unspecified atom stereocenters. The third-order valence-corrected chi connectivity index (χ3v) is 5.71. The fraction of sp³-hybridized carbons (Fsp3) is 0.364. The van der Waals surface area contributed by atoms with Gasteiger partial charge in [-0.1, -0.05) is 24.3 Å². The van der Waals surface area contributed by atoms with Gasteiger partial charge in [0.05, 0.1) is 25.0 Å². The minimum absolute atomic E-state index is 0.103. The van der Waals surface area contributed by atoms with Gasteiger partial charge in [0.25, 0.3) is 0 Å². The fourth-order valence-corrected chi connectivity index (χ4v) is 4.01. The van der Waals surface area contributed by atoms with E-state index in [9.17, 15) is 9.59 Å². The average molecular weight is 499 g/mol. The largest absolute Gasteiger partial charge is 0.463 e. The standard InChI is InChI=1S/C22H26O5S4/c23-21(19(13-28)15-3-1-5-17(30)11-15)26-9-7-25-8-10-27-22(24)20(14-29)16-4-2-6-18(31)12-16/h1-6,11-12,19-20,28-31H,7-10,13-14H2. The molecule has 0 aliphatic heterocycles. The number of esters is 2. The summed E-state index contributed by atoms with van der Waals surface area (Å²) < 4.78 is 16.0. The number of rotatable bonds is 12. The van der Waals surface area contributed by atoms with Gasteiger partial charge < -0.3 is 14.2 Å². The Hall–Kier alpha value is -1.26. The lowest BCUT2D eigenvalue weighted by molar-refractivity contribution is -0.148. The van der Waals surface area contributed by atoms with Crippen molar-refractivity contribution < 1.29 is 23.8 Å². The van der Waals surface area contributed by atoms with E-state index in [0.717, 1.165) is 20.9 Å². The Morgan fingerprint density at radius 2 is 1.13 bits per heavy atom. The van der Waals surface area contributed by atoms with Crippen LogP contribution in [0.4, 0.5) is 0 Å². The predicted octanol–water partition coefficient (Wildman–Crippen LogP) is 4.09. The molecular formula is C22H26O5S4. The molecule has 0 aliphatic rings. The number of thiol groups is 4. The number of hydrogen-bond acceptors (Lipinski definition) is 9. The molecule has 31 heavy (non-hydrogen) atoms. The maximum absolute atomic E-state index is 12.3. The van der Waals surface area contributed by atoms with Crippen molar-refractivity contribution in [3.63, 3.8) is 0 Å². The van der Waals surface area contributed by atoms with Crippen LogP contribution >= 0.6 is 50.5 Å². The quantitative estimate of drug-likeness (QED) is 0.202. The summed E-state index contributed by atoms with van der Waals surface area (Å²) in [7, 11) is 0. The first-order chi connectivity index (χ1) is 15.0. The zero-order valence-corrected chi connectivity index (χ0v) is 20.4. The van der Waals surface area contributed by atoms with Crippen LogP contribution in [0.3, 0.4) is 0 Å². The fourth-order valence-electron chi connectivity index (χ4n) is 2.82. The lowest BCUT2D eigenvalue weighted by Gasteiger charge is -2.15. The normalized spacial score (nSPS) is 12.8. The van der Waals surface area contributed by atoms with Crippen LogP contribution in [0.5, 0.6) is 0 Å². The third-order valence-electron chi connectivity index (χ3n) is 4.42. The van der Waals surface area contributed by atoms with Gasteiger partial charge in [-0.05, 0) is 35.4 Å². The van der Waals surface area contributed by atoms with Gasteiger partial charge >= 0.3 is 11.9 Å². The molecule has 0 amide bonds. The SMILES string of the molecule is O=C(OCCOCCOC(=O)C(CS)c1cccc(S)c1)C(CS)c1cccc(S)c1. The van der Waals surface area contributed by atoms with Gasteiger partial charge in [0, 0.05) is 21.3 Å². The molecule has 168 valence electrons. The van der Waals surface area contributed by atoms with Crippen molar-refractivity contribution in [2.24, 2.45) is 0 Å². The van der Waals surface area contributed by atoms with Crippen LogP contribution in [0.15, 0.2) is 58.3 Å². The first kappa shape index (κ1) is 26.0. The van der Waals surface area contributed by atoms with Gasteiger partial charge in [-0.2, -0.15) is 25.3 Å². The first-order valence-electron chi connectivity index (χ1n) is 9.66. The van der Waals surface area contributed by atoms with Gasteiger partial charge in [-0.3, -0.25) is 9.59 Å². The second-order valence-electron chi connectivity index (χ2n) is 6.61. The Morgan fingerprint density at radius 1 is 0.710 bits per heavy atom. The molecular weight excluding hydrogens is 473 g/mol. The van der Waals surface area contributed by atoms with Gasteiger partial charge in [-0.25, -0.2) is 0 Å². The van der Waals surface area contributed by atoms with Crippen molar-refractivity contribution in [2.75, 3.05) is 37.9 Å². The molecule has 5 nitrogen and oxygen atoms in total. The van der Waals surface area contributed by atoms with Crippen LogP contribution in [-0.4, -0.2) is 49.9 Å². The van der Waals surface area contributed by atoms with Gasteiger partial charge in [-0.15, -0.1) is 25.3 Å². The van der Waals surface area contributed by atoms with E-state index in [-0.39, 0.29) is 38.4 Å². The molecule has 0 saturated carbocycles. The molecule has 0 radical (unpaired) electrons. The Bertz CT molecular complexity index is 792. The number of benzene rings is 2. The number of ether oxygens (including phenoxy) is 3. The summed E-state index contributed by atoms with van der Waals surface area (Å²) in [6.07, 6.45) is 0. The first-order valence-corrected chi connectivity index (χ1v) is 11.8. The van der Waals surface area contributed by atoms with Crippen LogP contribution in [-0.2, 0) is 23.8 Å². The van der Waals surface area contributed by atoms with E-state index in [1.165, 1.54) is 0 Å². The predicted molar refractivity (Wildman–Crippen MR) is 133 cm³/mol. The molecule has 0 aliphatic carbocycles. The van der Waals surface area contributed by atoms with Gasteiger partial charge in [0.1, 0.15) is 13.2 Å². The van der Waals surface area contributed by atoms with Crippen molar-refractivity contribution >= 4 is 62.5 Å². The molecule has 2 rings (SSSR count). The monoisotopic (exact) mass is 498 g/mol. The Labute approximate surface area is 204 Å². The summed E-state index contributed by atoms with van der Waals surface area (Å²) in [5.41, 5.74) is 1.62. The van der Waals surface area contributed by atoms with E-state index in [1.807, 2.05) is 48.5 Å². The van der Waals surface area contributed by atoms with Crippen molar-refractivity contribution in [3.05, 3.63) is 59.7 Å². The Kier molecular flexibility index (Phi) is 11.7. The van der Waals surface area contributed by atoms with Crippen molar-refractivity contribution in [1.29, 1.82) is 0 Å². The zero-order valence-electron chi connectivity index (χ0n) is 16.8. The van der Waals surface area contributed by atoms with E-state index < -0.39 is 11.8 Å². The summed E-state index contributed by atoms with van der Waals surface area (Å²) in [5.74, 6) is -1.01.